The molecule has 1 N–H and O–H groups in total. The number of hydrogen-bond acceptors (Lipinski definition) is 5. The molecule has 0 saturated carbocycles. The van der Waals surface area contributed by atoms with E-state index in [0.717, 1.165) is 43.2 Å². The molecule has 0 radical (unpaired) electrons. The summed E-state index contributed by atoms with van der Waals surface area (Å²) in [5, 5.41) is 0.635. The van der Waals surface area contributed by atoms with E-state index < -0.39 is 0 Å². The molecule has 124 valence electrons. The van der Waals surface area contributed by atoms with Crippen molar-refractivity contribution in [2.45, 2.75) is 31.7 Å². The summed E-state index contributed by atoms with van der Waals surface area (Å²) in [4.78, 5) is 26.5. The topological polar surface area (TPSA) is 75.0 Å². The lowest BCUT2D eigenvalue weighted by atomic mass is 9.95. The van der Waals surface area contributed by atoms with Crippen LogP contribution < -0.4 is 5.56 Å². The second-order valence-electron chi connectivity index (χ2n) is 6.32. The lowest BCUT2D eigenvalue weighted by Crippen LogP contribution is -2.36. The molecule has 0 aliphatic carbocycles. The normalized spacial score (nSPS) is 18.0. The summed E-state index contributed by atoms with van der Waals surface area (Å²) in [6.45, 7) is 3.97. The molecule has 0 spiro atoms. The smallest absolute Gasteiger partial charge is 0.258 e. The van der Waals surface area contributed by atoms with E-state index in [1.54, 1.807) is 18.5 Å². The molecular formula is C18H20N4O2. The van der Waals surface area contributed by atoms with Gasteiger partial charge in [-0.2, -0.15) is 0 Å². The molecule has 3 heterocycles. The molecule has 1 atom stereocenters. The summed E-state index contributed by atoms with van der Waals surface area (Å²) in [7, 11) is 0. The predicted octanol–water partition coefficient (Wildman–Crippen LogP) is 2.85. The van der Waals surface area contributed by atoms with Crippen LogP contribution in [-0.4, -0.2) is 32.9 Å². The van der Waals surface area contributed by atoms with Crippen LogP contribution in [0.15, 0.2) is 45.9 Å². The second-order valence-corrected chi connectivity index (χ2v) is 6.32. The van der Waals surface area contributed by atoms with Crippen molar-refractivity contribution in [3.8, 4) is 0 Å². The van der Waals surface area contributed by atoms with Gasteiger partial charge in [-0.3, -0.25) is 9.69 Å². The molecule has 6 heteroatoms. The van der Waals surface area contributed by atoms with Crippen LogP contribution in [0.5, 0.6) is 0 Å². The Labute approximate surface area is 139 Å². The maximum absolute atomic E-state index is 12.3. The fraction of sp³-hybridized carbons (Fsp3) is 0.389. The Morgan fingerprint density at radius 2 is 2.08 bits per heavy atom. The van der Waals surface area contributed by atoms with E-state index in [1.165, 1.54) is 0 Å². The lowest BCUT2D eigenvalue weighted by Gasteiger charge is -2.34. The van der Waals surface area contributed by atoms with E-state index in [1.807, 2.05) is 18.2 Å². The van der Waals surface area contributed by atoms with E-state index in [4.69, 9.17) is 4.42 Å². The van der Waals surface area contributed by atoms with Crippen molar-refractivity contribution in [1.82, 2.24) is 19.9 Å². The lowest BCUT2D eigenvalue weighted by molar-refractivity contribution is 0.149. The SMILES string of the molecule is CC(c1nc2ccccc2c(=O)[nH]1)N1CCC(c2ncco2)CC1. The van der Waals surface area contributed by atoms with E-state index >= 15 is 0 Å². The van der Waals surface area contributed by atoms with Gasteiger partial charge in [-0.05, 0) is 45.0 Å². The van der Waals surface area contributed by atoms with Crippen molar-refractivity contribution in [2.24, 2.45) is 0 Å². The van der Waals surface area contributed by atoms with Crippen LogP contribution in [0.25, 0.3) is 10.9 Å². The average molecular weight is 324 g/mol. The molecule has 1 aliphatic rings. The summed E-state index contributed by atoms with van der Waals surface area (Å²) >= 11 is 0. The number of oxazole rings is 1. The molecule has 2 aromatic heterocycles. The van der Waals surface area contributed by atoms with Gasteiger partial charge in [0.2, 0.25) is 0 Å². The molecule has 0 bridgehead atoms. The van der Waals surface area contributed by atoms with Gasteiger partial charge < -0.3 is 9.40 Å². The van der Waals surface area contributed by atoms with Gasteiger partial charge in [-0.1, -0.05) is 12.1 Å². The highest BCUT2D eigenvalue weighted by atomic mass is 16.3. The number of benzene rings is 1. The van der Waals surface area contributed by atoms with Gasteiger partial charge in [-0.25, -0.2) is 9.97 Å². The third kappa shape index (κ3) is 2.73. The van der Waals surface area contributed by atoms with Gasteiger partial charge in [0.15, 0.2) is 5.89 Å². The predicted molar refractivity (Wildman–Crippen MR) is 90.8 cm³/mol. The zero-order valence-electron chi connectivity index (χ0n) is 13.6. The number of para-hydroxylation sites is 1. The Hall–Kier alpha value is -2.47. The maximum atomic E-state index is 12.3. The highest BCUT2D eigenvalue weighted by Gasteiger charge is 2.27. The number of H-pyrrole nitrogens is 1. The number of rotatable bonds is 3. The van der Waals surface area contributed by atoms with Gasteiger partial charge in [0.05, 0.1) is 23.1 Å². The summed E-state index contributed by atoms with van der Waals surface area (Å²) in [6, 6.07) is 7.53. The molecular weight excluding hydrogens is 304 g/mol. The van der Waals surface area contributed by atoms with Gasteiger partial charge in [0.1, 0.15) is 12.1 Å². The molecule has 0 amide bonds. The molecule has 1 aliphatic heterocycles. The molecule has 24 heavy (non-hydrogen) atoms. The third-order valence-corrected chi connectivity index (χ3v) is 4.90. The minimum Gasteiger partial charge on any atom is -0.449 e. The second kappa shape index (κ2) is 6.20. The minimum atomic E-state index is -0.0721. The largest absolute Gasteiger partial charge is 0.449 e. The average Bonchev–Trinajstić information content (AvgIpc) is 3.16. The summed E-state index contributed by atoms with van der Waals surface area (Å²) in [6.07, 6.45) is 5.34. The van der Waals surface area contributed by atoms with Crippen molar-refractivity contribution in [1.29, 1.82) is 0 Å². The number of aromatic amines is 1. The number of likely N-dealkylation sites (tertiary alicyclic amines) is 1. The summed E-state index contributed by atoms with van der Waals surface area (Å²) in [5.41, 5.74) is 0.676. The molecule has 1 saturated heterocycles. The number of hydrogen-bond donors (Lipinski definition) is 1. The first-order valence-corrected chi connectivity index (χ1v) is 8.35. The minimum absolute atomic E-state index is 0.0721. The first kappa shape index (κ1) is 15.1. The molecule has 1 fully saturated rings. The Morgan fingerprint density at radius 1 is 1.29 bits per heavy atom. The molecule has 6 nitrogen and oxygen atoms in total. The van der Waals surface area contributed by atoms with Crippen LogP contribution in [0, 0.1) is 0 Å². The van der Waals surface area contributed by atoms with E-state index in [2.05, 4.69) is 26.8 Å². The molecule has 4 rings (SSSR count). The van der Waals surface area contributed by atoms with Crippen LogP contribution in [0.4, 0.5) is 0 Å². The first-order chi connectivity index (χ1) is 11.7. The summed E-state index contributed by atoms with van der Waals surface area (Å²) in [5.74, 6) is 1.94. The highest BCUT2D eigenvalue weighted by molar-refractivity contribution is 5.77. The monoisotopic (exact) mass is 324 g/mol. The fourth-order valence-electron chi connectivity index (χ4n) is 3.45. The molecule has 1 aromatic carbocycles. The van der Waals surface area contributed by atoms with Crippen LogP contribution in [-0.2, 0) is 0 Å². The Morgan fingerprint density at radius 3 is 2.83 bits per heavy atom. The Balaban J connectivity index is 1.52. The van der Waals surface area contributed by atoms with Gasteiger partial charge in [-0.15, -0.1) is 0 Å². The summed E-state index contributed by atoms with van der Waals surface area (Å²) < 4.78 is 5.43. The molecule has 1 unspecified atom stereocenters. The van der Waals surface area contributed by atoms with Crippen LogP contribution in [0.2, 0.25) is 0 Å². The zero-order valence-corrected chi connectivity index (χ0v) is 13.6. The van der Waals surface area contributed by atoms with Gasteiger partial charge in [0, 0.05) is 5.92 Å². The van der Waals surface area contributed by atoms with Crippen molar-refractivity contribution in [2.75, 3.05) is 13.1 Å². The highest BCUT2D eigenvalue weighted by Crippen LogP contribution is 2.30. The number of piperidine rings is 1. The Kier molecular flexibility index (Phi) is 3.90. The third-order valence-electron chi connectivity index (χ3n) is 4.90. The van der Waals surface area contributed by atoms with Crippen LogP contribution in [0.1, 0.15) is 43.4 Å². The van der Waals surface area contributed by atoms with E-state index in [0.29, 0.717) is 11.3 Å². The van der Waals surface area contributed by atoms with E-state index in [-0.39, 0.29) is 11.6 Å². The van der Waals surface area contributed by atoms with Crippen LogP contribution in [0.3, 0.4) is 0 Å². The van der Waals surface area contributed by atoms with Crippen molar-refractivity contribution in [3.63, 3.8) is 0 Å². The zero-order chi connectivity index (χ0) is 16.5. The number of aromatic nitrogens is 3. The van der Waals surface area contributed by atoms with Crippen molar-refractivity contribution < 1.29 is 4.42 Å². The van der Waals surface area contributed by atoms with Crippen molar-refractivity contribution >= 4 is 10.9 Å². The molecule has 3 aromatic rings. The van der Waals surface area contributed by atoms with Crippen molar-refractivity contribution in [3.05, 3.63) is 58.8 Å². The van der Waals surface area contributed by atoms with Gasteiger partial charge >= 0.3 is 0 Å². The van der Waals surface area contributed by atoms with E-state index in [9.17, 15) is 4.79 Å². The quantitative estimate of drug-likeness (QED) is 0.802. The standard InChI is InChI=1S/C18H20N4O2/c1-12(16-20-15-5-3-2-4-14(15)17(23)21-16)22-9-6-13(7-10-22)18-19-8-11-24-18/h2-5,8,11-13H,6-7,9-10H2,1H3,(H,20,21,23). The maximum Gasteiger partial charge on any atom is 0.258 e. The fourth-order valence-corrected chi connectivity index (χ4v) is 3.45. The number of nitrogens with one attached hydrogen (secondary N) is 1. The first-order valence-electron chi connectivity index (χ1n) is 8.35. The Bertz CT molecular complexity index is 879. The number of nitrogens with zero attached hydrogens (tertiary/aromatic N) is 3. The van der Waals surface area contributed by atoms with Gasteiger partial charge in [0.25, 0.3) is 5.56 Å². The van der Waals surface area contributed by atoms with Crippen LogP contribution >= 0.6 is 0 Å². The number of fused-ring (bicyclic) bond motifs is 1.